The fourth-order valence-electron chi connectivity index (χ4n) is 2.95. The van der Waals surface area contributed by atoms with Crippen molar-refractivity contribution in [1.82, 2.24) is 9.62 Å². The average Bonchev–Trinajstić information content (AvgIpc) is 2.95. The van der Waals surface area contributed by atoms with Crippen molar-refractivity contribution in [3.8, 4) is 0 Å². The van der Waals surface area contributed by atoms with Crippen molar-refractivity contribution in [2.45, 2.75) is 44.6 Å². The molecule has 2 atom stereocenters. The Morgan fingerprint density at radius 2 is 1.91 bits per heavy atom. The Morgan fingerprint density at radius 3 is 2.48 bits per heavy atom. The van der Waals surface area contributed by atoms with Gasteiger partial charge in [-0.1, -0.05) is 32.9 Å². The molecule has 11 nitrogen and oxygen atoms in total. The third-order valence-corrected chi connectivity index (χ3v) is 8.28. The number of hydrogen-bond donors (Lipinski definition) is 1. The number of carbonyl (C=O) groups is 3. The van der Waals surface area contributed by atoms with Crippen LogP contribution >= 0.6 is 7.60 Å². The molecule has 0 unspecified atom stereocenters. The predicted octanol–water partition coefficient (Wildman–Crippen LogP) is 2.37. The third kappa shape index (κ3) is 6.20. The molecule has 0 bridgehead atoms. The molecule has 1 aliphatic heterocycles. The lowest BCUT2D eigenvalue weighted by Crippen LogP contribution is -2.45. The van der Waals surface area contributed by atoms with E-state index in [0.29, 0.717) is 10.7 Å². The largest absolute Gasteiger partial charge is 0.469 e. The number of carbonyl (C=O) groups excluding carboxylic acids is 3. The van der Waals surface area contributed by atoms with Crippen LogP contribution in [0.3, 0.4) is 0 Å². The van der Waals surface area contributed by atoms with Crippen LogP contribution in [0.5, 0.6) is 0 Å². The number of esters is 1. The van der Waals surface area contributed by atoms with E-state index in [-0.39, 0.29) is 24.9 Å². The van der Waals surface area contributed by atoms with Crippen molar-refractivity contribution >= 4 is 35.4 Å². The first kappa shape index (κ1) is 27.0. The van der Waals surface area contributed by atoms with Gasteiger partial charge < -0.3 is 10.1 Å². The summed E-state index contributed by atoms with van der Waals surface area (Å²) in [7, 11) is -6.94. The highest BCUT2D eigenvalue weighted by Gasteiger charge is 2.43. The standard InChI is InChI=1S/C20H29N2O9PS.H2/c1-6-20(2,3)17(18(24)21-12-11-16(23)29-4)31-32(5,26)30-13-22-19(25)14-9-7-8-10-15(14)33(22,27)28;/h7-10,17H,6,11-13H2,1-5H3,(H,21,24);1H/t17-,32-;/m0./s1. The molecule has 1 N–H and O–H groups in total. The Kier molecular flexibility index (Phi) is 8.45. The lowest BCUT2D eigenvalue weighted by atomic mass is 9.83. The maximum Gasteiger partial charge on any atom is 0.330 e. The first-order valence-electron chi connectivity index (χ1n) is 10.2. The van der Waals surface area contributed by atoms with Gasteiger partial charge in [-0.2, -0.15) is 0 Å². The molecule has 0 saturated carbocycles. The van der Waals surface area contributed by atoms with Crippen molar-refractivity contribution in [3.63, 3.8) is 0 Å². The van der Waals surface area contributed by atoms with E-state index in [0.717, 1.165) is 6.66 Å². The van der Waals surface area contributed by atoms with E-state index in [2.05, 4.69) is 10.1 Å². The Morgan fingerprint density at radius 1 is 1.27 bits per heavy atom. The van der Waals surface area contributed by atoms with Gasteiger partial charge in [-0.3, -0.25) is 28.0 Å². The lowest BCUT2D eigenvalue weighted by Gasteiger charge is -2.33. The van der Waals surface area contributed by atoms with Crippen molar-refractivity contribution in [3.05, 3.63) is 29.8 Å². The summed E-state index contributed by atoms with van der Waals surface area (Å²) in [5, 5.41) is 2.54. The van der Waals surface area contributed by atoms with Gasteiger partial charge in [-0.25, -0.2) is 12.7 Å². The van der Waals surface area contributed by atoms with Crippen LogP contribution in [0.2, 0.25) is 0 Å². The van der Waals surface area contributed by atoms with Crippen LogP contribution in [0.25, 0.3) is 0 Å². The van der Waals surface area contributed by atoms with Gasteiger partial charge in [0.2, 0.25) is 5.91 Å². The number of fused-ring (bicyclic) bond motifs is 1. The van der Waals surface area contributed by atoms with Crippen molar-refractivity contribution in [1.29, 1.82) is 0 Å². The summed E-state index contributed by atoms with van der Waals surface area (Å²) in [4.78, 5) is 36.3. The van der Waals surface area contributed by atoms with Crippen LogP contribution in [-0.2, 0) is 38.0 Å². The molecule has 0 saturated heterocycles. The minimum atomic E-state index is -4.16. The molecule has 33 heavy (non-hydrogen) atoms. The first-order valence-corrected chi connectivity index (χ1v) is 13.6. The molecule has 1 aromatic carbocycles. The number of nitrogens with zero attached hydrogens (tertiary/aromatic N) is 1. The summed E-state index contributed by atoms with van der Waals surface area (Å²) in [6, 6.07) is 5.68. The second-order valence-electron chi connectivity index (χ2n) is 8.13. The smallest absolute Gasteiger partial charge is 0.330 e. The zero-order valence-electron chi connectivity index (χ0n) is 19.2. The fraction of sp³-hybridized carbons (Fsp3) is 0.550. The Bertz CT molecular complexity index is 1080. The summed E-state index contributed by atoms with van der Waals surface area (Å²) in [5.74, 6) is -1.94. The molecule has 1 aliphatic rings. The van der Waals surface area contributed by atoms with Crippen LogP contribution < -0.4 is 5.32 Å². The number of methoxy groups -OCH3 is 1. The van der Waals surface area contributed by atoms with Gasteiger partial charge in [0.25, 0.3) is 15.9 Å². The van der Waals surface area contributed by atoms with E-state index < -0.39 is 53.7 Å². The van der Waals surface area contributed by atoms with E-state index >= 15 is 0 Å². The number of hydrogen-bond acceptors (Lipinski definition) is 9. The molecular formula is C20H31N2O9PS. The summed E-state index contributed by atoms with van der Waals surface area (Å²) < 4.78 is 54.1. The summed E-state index contributed by atoms with van der Waals surface area (Å²) >= 11 is 0. The molecule has 1 heterocycles. The molecule has 0 aliphatic carbocycles. The number of nitrogens with one attached hydrogen (secondary N) is 1. The Balaban J connectivity index is 0.00000578. The highest BCUT2D eigenvalue weighted by molar-refractivity contribution is 7.90. The van der Waals surface area contributed by atoms with Crippen molar-refractivity contribution in [2.75, 3.05) is 27.1 Å². The number of benzene rings is 1. The molecule has 0 spiro atoms. The normalized spacial score (nSPS) is 17.7. The number of sulfonamides is 1. The van der Waals surface area contributed by atoms with Crippen LogP contribution in [0.4, 0.5) is 0 Å². The maximum atomic E-state index is 13.0. The van der Waals surface area contributed by atoms with Gasteiger partial charge in [0.1, 0.15) is 11.6 Å². The first-order chi connectivity index (χ1) is 15.3. The second kappa shape index (κ2) is 10.3. The molecule has 0 aromatic heterocycles. The molecular weight excluding hydrogens is 475 g/mol. The molecule has 2 rings (SSSR count). The average molecular weight is 507 g/mol. The molecule has 13 heteroatoms. The summed E-state index contributed by atoms with van der Waals surface area (Å²) in [6.07, 6.45) is -0.827. The molecule has 0 radical (unpaired) electrons. The SMILES string of the molecule is CCC(C)(C)[C@@H](O[P@@](C)(=O)OCN1C(=O)c2ccccc2S1(=O)=O)C(=O)NCCC(=O)OC.[HH]. The van der Waals surface area contributed by atoms with Gasteiger partial charge in [0, 0.05) is 20.1 Å². The maximum absolute atomic E-state index is 13.0. The minimum Gasteiger partial charge on any atom is -0.469 e. The van der Waals surface area contributed by atoms with Gasteiger partial charge >= 0.3 is 13.6 Å². The zero-order chi connectivity index (χ0) is 25.0. The van der Waals surface area contributed by atoms with Crippen molar-refractivity contribution in [2.24, 2.45) is 5.41 Å². The molecule has 2 amide bonds. The molecule has 0 fully saturated rings. The summed E-state index contributed by atoms with van der Waals surface area (Å²) in [5.41, 5.74) is -0.793. The third-order valence-electron chi connectivity index (χ3n) is 5.33. The quantitative estimate of drug-likeness (QED) is 0.353. The number of rotatable bonds is 11. The van der Waals surface area contributed by atoms with Gasteiger partial charge in [-0.15, -0.1) is 0 Å². The van der Waals surface area contributed by atoms with E-state index in [9.17, 15) is 27.4 Å². The lowest BCUT2D eigenvalue weighted by molar-refractivity contribution is -0.140. The van der Waals surface area contributed by atoms with Crippen LogP contribution in [0.1, 0.15) is 45.4 Å². The zero-order valence-corrected chi connectivity index (χ0v) is 20.9. The molecule has 1 aromatic rings. The Labute approximate surface area is 194 Å². The van der Waals surface area contributed by atoms with Crippen LogP contribution in [0.15, 0.2) is 29.2 Å². The fourth-order valence-corrected chi connectivity index (χ4v) is 5.61. The highest BCUT2D eigenvalue weighted by atomic mass is 32.2. The van der Waals surface area contributed by atoms with Gasteiger partial charge in [-0.05, 0) is 18.6 Å². The Hall–Kier alpha value is -2.27. The highest BCUT2D eigenvalue weighted by Crippen LogP contribution is 2.49. The minimum absolute atomic E-state index is 0. The van der Waals surface area contributed by atoms with E-state index in [1.54, 1.807) is 13.8 Å². The number of ether oxygens (including phenoxy) is 1. The monoisotopic (exact) mass is 506 g/mol. The van der Waals surface area contributed by atoms with E-state index in [1.807, 2.05) is 6.92 Å². The molecule has 186 valence electrons. The predicted molar refractivity (Wildman–Crippen MR) is 120 cm³/mol. The summed E-state index contributed by atoms with van der Waals surface area (Å²) in [6.45, 7) is 5.50. The number of amides is 2. The van der Waals surface area contributed by atoms with Gasteiger partial charge in [0.05, 0.1) is 19.1 Å². The second-order valence-corrected chi connectivity index (χ2v) is 12.0. The van der Waals surface area contributed by atoms with E-state index in [4.69, 9.17) is 9.05 Å². The van der Waals surface area contributed by atoms with E-state index in [1.165, 1.54) is 31.4 Å². The van der Waals surface area contributed by atoms with Gasteiger partial charge in [0.15, 0.2) is 6.10 Å². The van der Waals surface area contributed by atoms with Crippen LogP contribution in [0, 0.1) is 5.41 Å². The van der Waals surface area contributed by atoms with Crippen LogP contribution in [-0.4, -0.2) is 63.7 Å². The van der Waals surface area contributed by atoms with Crippen molar-refractivity contribution < 1.29 is 42.6 Å². The topological polar surface area (TPSA) is 145 Å².